The minimum absolute atomic E-state index is 0.328. The van der Waals surface area contributed by atoms with Crippen molar-refractivity contribution in [2.24, 2.45) is 0 Å². The number of hydrogen-bond acceptors (Lipinski definition) is 3. The molecule has 1 atom stereocenters. The van der Waals surface area contributed by atoms with Crippen molar-refractivity contribution in [3.8, 4) is 0 Å². The second kappa shape index (κ2) is 5.83. The summed E-state index contributed by atoms with van der Waals surface area (Å²) in [7, 11) is 0. The first-order valence-corrected chi connectivity index (χ1v) is 5.25. The van der Waals surface area contributed by atoms with Gasteiger partial charge in [0.1, 0.15) is 6.04 Å². The number of aliphatic carboxylic acids is 1. The largest absolute Gasteiger partial charge is 0.480 e. The van der Waals surface area contributed by atoms with Gasteiger partial charge in [-0.2, -0.15) is 0 Å². The summed E-state index contributed by atoms with van der Waals surface area (Å²) < 4.78 is 0. The number of carbonyl (C=O) groups is 2. The summed E-state index contributed by atoms with van der Waals surface area (Å²) in [5.41, 5.74) is 1.44. The van der Waals surface area contributed by atoms with Crippen LogP contribution < -0.4 is 10.6 Å². The van der Waals surface area contributed by atoms with E-state index in [1.807, 2.05) is 6.92 Å². The van der Waals surface area contributed by atoms with Crippen LogP contribution in [-0.4, -0.2) is 28.1 Å². The molecule has 17 heavy (non-hydrogen) atoms. The maximum atomic E-state index is 11.5. The van der Waals surface area contributed by atoms with Gasteiger partial charge >= 0.3 is 12.0 Å². The zero-order valence-electron chi connectivity index (χ0n) is 9.73. The molecule has 1 rings (SSSR count). The molecule has 1 heterocycles. The summed E-state index contributed by atoms with van der Waals surface area (Å²) in [6.45, 7) is 3.54. The Labute approximate surface area is 99.1 Å². The third-order valence-electron chi connectivity index (χ3n) is 2.14. The number of carboxylic acid groups (broad SMARTS) is 1. The van der Waals surface area contributed by atoms with Crippen molar-refractivity contribution in [2.75, 3.05) is 5.32 Å². The number of nitrogens with zero attached hydrogens (tertiary/aromatic N) is 1. The van der Waals surface area contributed by atoms with Gasteiger partial charge in [0.2, 0.25) is 0 Å². The minimum atomic E-state index is -1.05. The normalized spacial score (nSPS) is 11.6. The van der Waals surface area contributed by atoms with E-state index in [9.17, 15) is 9.59 Å². The Morgan fingerprint density at radius 3 is 2.71 bits per heavy atom. The summed E-state index contributed by atoms with van der Waals surface area (Å²) in [5.74, 6) is -1.05. The van der Waals surface area contributed by atoms with Crippen LogP contribution in [0.15, 0.2) is 18.5 Å². The number of hydrogen-bond donors (Lipinski definition) is 3. The molecule has 0 saturated carbocycles. The van der Waals surface area contributed by atoms with Gasteiger partial charge in [0.05, 0.1) is 11.9 Å². The lowest BCUT2D eigenvalue weighted by atomic mass is 10.2. The van der Waals surface area contributed by atoms with Crippen LogP contribution in [0.3, 0.4) is 0 Å². The number of urea groups is 1. The number of pyridine rings is 1. The molecular formula is C11H15N3O3. The Hall–Kier alpha value is -2.11. The fourth-order valence-electron chi connectivity index (χ4n) is 1.29. The van der Waals surface area contributed by atoms with Gasteiger partial charge in [0, 0.05) is 6.20 Å². The van der Waals surface area contributed by atoms with E-state index in [4.69, 9.17) is 5.11 Å². The van der Waals surface area contributed by atoms with Crippen molar-refractivity contribution >= 4 is 17.7 Å². The third-order valence-corrected chi connectivity index (χ3v) is 2.14. The molecule has 2 amide bonds. The van der Waals surface area contributed by atoms with Crippen LogP contribution in [0.4, 0.5) is 10.5 Å². The van der Waals surface area contributed by atoms with E-state index in [1.54, 1.807) is 19.2 Å². The SMILES string of the molecule is CCC(NC(=O)Nc1cncc(C)c1)C(=O)O. The number of nitrogens with one attached hydrogen (secondary N) is 2. The second-order valence-corrected chi connectivity index (χ2v) is 3.65. The lowest BCUT2D eigenvalue weighted by Gasteiger charge is -2.13. The van der Waals surface area contributed by atoms with Crippen molar-refractivity contribution in [3.05, 3.63) is 24.0 Å². The van der Waals surface area contributed by atoms with Gasteiger partial charge in [-0.1, -0.05) is 6.92 Å². The first kappa shape index (κ1) is 13.0. The Balaban J connectivity index is 2.58. The number of carboxylic acids is 1. The van der Waals surface area contributed by atoms with Crippen LogP contribution in [0, 0.1) is 6.92 Å². The number of anilines is 1. The van der Waals surface area contributed by atoms with Crippen molar-refractivity contribution in [1.82, 2.24) is 10.3 Å². The quantitative estimate of drug-likeness (QED) is 0.737. The first-order chi connectivity index (χ1) is 8.02. The Bertz CT molecular complexity index is 420. The highest BCUT2D eigenvalue weighted by atomic mass is 16.4. The molecular weight excluding hydrogens is 222 g/mol. The molecule has 6 heteroatoms. The molecule has 0 spiro atoms. The summed E-state index contributed by atoms with van der Waals surface area (Å²) in [6, 6.07) is 0.313. The van der Waals surface area contributed by atoms with Gasteiger partial charge in [-0.3, -0.25) is 4.98 Å². The molecule has 0 aliphatic heterocycles. The highest BCUT2D eigenvalue weighted by molar-refractivity contribution is 5.92. The van der Waals surface area contributed by atoms with Gasteiger partial charge in [-0.15, -0.1) is 0 Å². The van der Waals surface area contributed by atoms with E-state index >= 15 is 0 Å². The Kier molecular flexibility index (Phi) is 4.45. The van der Waals surface area contributed by atoms with Crippen molar-refractivity contribution in [3.63, 3.8) is 0 Å². The maximum Gasteiger partial charge on any atom is 0.326 e. The molecule has 1 aromatic heterocycles. The van der Waals surface area contributed by atoms with E-state index in [2.05, 4.69) is 15.6 Å². The molecule has 0 radical (unpaired) electrons. The van der Waals surface area contributed by atoms with Gasteiger partial charge in [-0.25, -0.2) is 9.59 Å². The van der Waals surface area contributed by atoms with Crippen LogP contribution in [-0.2, 0) is 4.79 Å². The van der Waals surface area contributed by atoms with E-state index in [1.165, 1.54) is 6.20 Å². The fraction of sp³-hybridized carbons (Fsp3) is 0.364. The van der Waals surface area contributed by atoms with Crippen LogP contribution in [0.2, 0.25) is 0 Å². The molecule has 0 bridgehead atoms. The van der Waals surface area contributed by atoms with Crippen molar-refractivity contribution < 1.29 is 14.7 Å². The Morgan fingerprint density at radius 1 is 1.47 bits per heavy atom. The maximum absolute atomic E-state index is 11.5. The third kappa shape index (κ3) is 4.10. The fourth-order valence-corrected chi connectivity index (χ4v) is 1.29. The zero-order valence-corrected chi connectivity index (χ0v) is 9.73. The van der Waals surface area contributed by atoms with Crippen LogP contribution in [0.25, 0.3) is 0 Å². The van der Waals surface area contributed by atoms with Gasteiger partial charge in [-0.05, 0) is 25.0 Å². The van der Waals surface area contributed by atoms with Gasteiger partial charge in [0.25, 0.3) is 0 Å². The standard InChI is InChI=1S/C11H15N3O3/c1-3-9(10(15)16)14-11(17)13-8-4-7(2)5-12-6-8/h4-6,9H,3H2,1-2H3,(H,15,16)(H2,13,14,17). The lowest BCUT2D eigenvalue weighted by Crippen LogP contribution is -2.42. The first-order valence-electron chi connectivity index (χ1n) is 5.25. The molecule has 6 nitrogen and oxygen atoms in total. The van der Waals surface area contributed by atoms with E-state index < -0.39 is 18.0 Å². The molecule has 0 fully saturated rings. The predicted octanol–water partition coefficient (Wildman–Crippen LogP) is 1.37. The van der Waals surface area contributed by atoms with Crippen LogP contribution in [0.5, 0.6) is 0 Å². The van der Waals surface area contributed by atoms with E-state index in [0.29, 0.717) is 12.1 Å². The van der Waals surface area contributed by atoms with Crippen LogP contribution >= 0.6 is 0 Å². The second-order valence-electron chi connectivity index (χ2n) is 3.65. The topological polar surface area (TPSA) is 91.3 Å². The monoisotopic (exact) mass is 237 g/mol. The average Bonchev–Trinajstić information content (AvgIpc) is 2.25. The molecule has 0 aromatic carbocycles. The zero-order chi connectivity index (χ0) is 12.8. The van der Waals surface area contributed by atoms with Crippen LogP contribution in [0.1, 0.15) is 18.9 Å². The molecule has 1 unspecified atom stereocenters. The Morgan fingerprint density at radius 2 is 2.18 bits per heavy atom. The number of aryl methyl sites for hydroxylation is 1. The predicted molar refractivity (Wildman–Crippen MR) is 62.8 cm³/mol. The highest BCUT2D eigenvalue weighted by Crippen LogP contribution is 2.06. The molecule has 3 N–H and O–H groups in total. The molecule has 92 valence electrons. The van der Waals surface area contributed by atoms with E-state index in [-0.39, 0.29) is 0 Å². The summed E-state index contributed by atoms with van der Waals surface area (Å²) >= 11 is 0. The summed E-state index contributed by atoms with van der Waals surface area (Å²) in [4.78, 5) is 26.1. The van der Waals surface area contributed by atoms with Crippen molar-refractivity contribution in [1.29, 1.82) is 0 Å². The lowest BCUT2D eigenvalue weighted by molar-refractivity contribution is -0.139. The number of carbonyl (C=O) groups excluding carboxylic acids is 1. The number of amides is 2. The molecule has 0 aliphatic carbocycles. The van der Waals surface area contributed by atoms with Gasteiger partial charge in [0.15, 0.2) is 0 Å². The number of rotatable bonds is 4. The highest BCUT2D eigenvalue weighted by Gasteiger charge is 2.17. The molecule has 0 aliphatic rings. The molecule has 1 aromatic rings. The van der Waals surface area contributed by atoms with Gasteiger partial charge < -0.3 is 15.7 Å². The summed E-state index contributed by atoms with van der Waals surface area (Å²) in [6.07, 6.45) is 3.48. The minimum Gasteiger partial charge on any atom is -0.480 e. The van der Waals surface area contributed by atoms with Crippen molar-refractivity contribution in [2.45, 2.75) is 26.3 Å². The summed E-state index contributed by atoms with van der Waals surface area (Å²) in [5, 5.41) is 13.7. The average molecular weight is 237 g/mol. The molecule has 0 saturated heterocycles. The number of aromatic nitrogens is 1. The van der Waals surface area contributed by atoms with E-state index in [0.717, 1.165) is 5.56 Å². The smallest absolute Gasteiger partial charge is 0.326 e.